The molecule has 0 unspecified atom stereocenters. The van der Waals surface area contributed by atoms with Crippen molar-refractivity contribution >= 4 is 50.1 Å². The summed E-state index contributed by atoms with van der Waals surface area (Å²) in [6, 6.07) is 20.7. The van der Waals surface area contributed by atoms with Crippen molar-refractivity contribution in [1.82, 2.24) is 9.55 Å². The first kappa shape index (κ1) is 19.5. The first-order valence-electron chi connectivity index (χ1n) is 9.83. The molecule has 0 spiro atoms. The molecule has 4 aromatic rings. The van der Waals surface area contributed by atoms with Crippen LogP contribution in [0.2, 0.25) is 0 Å². The molecular formula is C25H18BrN3O2. The van der Waals surface area contributed by atoms with Crippen LogP contribution < -0.4 is 10.5 Å². The molecule has 3 aromatic carbocycles. The number of amides is 1. The van der Waals surface area contributed by atoms with Crippen molar-refractivity contribution in [3.63, 3.8) is 0 Å². The highest BCUT2D eigenvalue weighted by molar-refractivity contribution is 9.10. The lowest BCUT2D eigenvalue weighted by Gasteiger charge is -2.14. The van der Waals surface area contributed by atoms with E-state index in [0.29, 0.717) is 22.3 Å². The fourth-order valence-electron chi connectivity index (χ4n) is 3.98. The SMILES string of the molecule is Cc1ccccc1-n1c(C=C2C(=O)N(C)c3ccc(Br)cc32)nc2ccccc2c1=O. The third-order valence-electron chi connectivity index (χ3n) is 5.58. The quantitative estimate of drug-likeness (QED) is 0.387. The number of aryl methyl sites for hydroxylation is 1. The van der Waals surface area contributed by atoms with Gasteiger partial charge < -0.3 is 4.90 Å². The summed E-state index contributed by atoms with van der Waals surface area (Å²) in [6.45, 7) is 1.95. The minimum Gasteiger partial charge on any atom is -0.311 e. The summed E-state index contributed by atoms with van der Waals surface area (Å²) in [5.74, 6) is 0.286. The monoisotopic (exact) mass is 471 g/mol. The molecule has 0 atom stereocenters. The normalized spacial score (nSPS) is 14.5. The maximum Gasteiger partial charge on any atom is 0.266 e. The Kier molecular flexibility index (Phi) is 4.59. The second-order valence-electron chi connectivity index (χ2n) is 7.50. The zero-order valence-electron chi connectivity index (χ0n) is 17.0. The number of anilines is 1. The number of hydrogen-bond acceptors (Lipinski definition) is 3. The van der Waals surface area contributed by atoms with E-state index in [1.165, 1.54) is 0 Å². The van der Waals surface area contributed by atoms with E-state index >= 15 is 0 Å². The van der Waals surface area contributed by atoms with Crippen LogP contribution in [0.15, 0.2) is 76.0 Å². The summed E-state index contributed by atoms with van der Waals surface area (Å²) in [6.07, 6.45) is 1.72. The van der Waals surface area contributed by atoms with Gasteiger partial charge >= 0.3 is 0 Å². The average Bonchev–Trinajstić information content (AvgIpc) is 2.99. The van der Waals surface area contributed by atoms with Crippen molar-refractivity contribution in [2.24, 2.45) is 0 Å². The molecule has 1 amide bonds. The Hall–Kier alpha value is -3.51. The van der Waals surface area contributed by atoms with Crippen LogP contribution in [0, 0.1) is 6.92 Å². The molecule has 5 rings (SSSR count). The van der Waals surface area contributed by atoms with Gasteiger partial charge in [0.05, 0.1) is 27.9 Å². The Balaban J connectivity index is 1.85. The molecule has 1 aromatic heterocycles. The molecule has 0 saturated carbocycles. The Morgan fingerprint density at radius 3 is 2.48 bits per heavy atom. The van der Waals surface area contributed by atoms with Gasteiger partial charge in [-0.25, -0.2) is 4.98 Å². The molecule has 0 N–H and O–H groups in total. The number of aromatic nitrogens is 2. The summed E-state index contributed by atoms with van der Waals surface area (Å²) in [4.78, 5) is 33.0. The molecule has 0 saturated heterocycles. The van der Waals surface area contributed by atoms with E-state index in [1.54, 1.807) is 28.7 Å². The van der Waals surface area contributed by atoms with Crippen LogP contribution in [-0.2, 0) is 4.79 Å². The van der Waals surface area contributed by atoms with Crippen molar-refractivity contribution in [2.75, 3.05) is 11.9 Å². The molecular weight excluding hydrogens is 454 g/mol. The van der Waals surface area contributed by atoms with E-state index in [1.807, 2.05) is 67.6 Å². The second kappa shape index (κ2) is 7.32. The van der Waals surface area contributed by atoms with Crippen molar-refractivity contribution in [1.29, 1.82) is 0 Å². The van der Waals surface area contributed by atoms with Crippen LogP contribution in [0.3, 0.4) is 0 Å². The van der Waals surface area contributed by atoms with Crippen LogP contribution in [0.25, 0.3) is 28.2 Å². The Morgan fingerprint density at radius 1 is 0.935 bits per heavy atom. The Labute approximate surface area is 187 Å². The summed E-state index contributed by atoms with van der Waals surface area (Å²) in [7, 11) is 1.75. The molecule has 1 aliphatic rings. The molecule has 31 heavy (non-hydrogen) atoms. The Bertz CT molecular complexity index is 1470. The van der Waals surface area contributed by atoms with Crippen molar-refractivity contribution in [3.8, 4) is 5.69 Å². The summed E-state index contributed by atoms with van der Waals surface area (Å²) < 4.78 is 2.47. The highest BCUT2D eigenvalue weighted by Crippen LogP contribution is 2.38. The molecule has 6 heteroatoms. The second-order valence-corrected chi connectivity index (χ2v) is 8.41. The number of benzene rings is 3. The largest absolute Gasteiger partial charge is 0.311 e. The van der Waals surface area contributed by atoms with Crippen LogP contribution in [0.4, 0.5) is 5.69 Å². The molecule has 0 aliphatic carbocycles. The Morgan fingerprint density at radius 2 is 1.68 bits per heavy atom. The molecule has 0 fully saturated rings. The smallest absolute Gasteiger partial charge is 0.266 e. The summed E-state index contributed by atoms with van der Waals surface area (Å²) >= 11 is 3.49. The minimum atomic E-state index is -0.167. The topological polar surface area (TPSA) is 55.2 Å². The van der Waals surface area contributed by atoms with Crippen LogP contribution in [0.1, 0.15) is 17.0 Å². The maximum atomic E-state index is 13.5. The standard InChI is InChI=1S/C25H18BrN3O2/c1-15-7-3-6-10-21(15)29-23(27-20-9-5-4-8-17(20)25(29)31)14-19-18-13-16(26)11-12-22(18)28(2)24(19)30/h3-14H,1-2H3. The summed E-state index contributed by atoms with van der Waals surface area (Å²) in [5, 5.41) is 0.533. The average molecular weight is 472 g/mol. The van der Waals surface area contributed by atoms with Crippen molar-refractivity contribution in [2.45, 2.75) is 6.92 Å². The van der Waals surface area contributed by atoms with Gasteiger partial charge in [-0.2, -0.15) is 0 Å². The van der Waals surface area contributed by atoms with Crippen LogP contribution in [0.5, 0.6) is 0 Å². The molecule has 5 nitrogen and oxygen atoms in total. The fourth-order valence-corrected chi connectivity index (χ4v) is 4.35. The third kappa shape index (κ3) is 3.11. The van der Waals surface area contributed by atoms with Gasteiger partial charge in [0.2, 0.25) is 0 Å². The number of carbonyl (C=O) groups is 1. The zero-order chi connectivity index (χ0) is 21.7. The number of halogens is 1. The predicted molar refractivity (Wildman–Crippen MR) is 128 cm³/mol. The van der Waals surface area contributed by atoms with Crippen molar-refractivity contribution < 1.29 is 4.79 Å². The number of para-hydroxylation sites is 2. The van der Waals surface area contributed by atoms with Crippen LogP contribution in [-0.4, -0.2) is 22.5 Å². The lowest BCUT2D eigenvalue weighted by molar-refractivity contribution is -0.112. The first-order chi connectivity index (χ1) is 15.0. The van der Waals surface area contributed by atoms with Gasteiger partial charge in [-0.1, -0.05) is 46.3 Å². The van der Waals surface area contributed by atoms with E-state index in [0.717, 1.165) is 27.0 Å². The lowest BCUT2D eigenvalue weighted by Crippen LogP contribution is -2.24. The van der Waals surface area contributed by atoms with E-state index in [9.17, 15) is 9.59 Å². The zero-order valence-corrected chi connectivity index (χ0v) is 18.6. The van der Waals surface area contributed by atoms with Crippen LogP contribution >= 0.6 is 15.9 Å². The van der Waals surface area contributed by atoms with E-state index in [-0.39, 0.29) is 11.5 Å². The van der Waals surface area contributed by atoms with Crippen molar-refractivity contribution in [3.05, 3.63) is 98.5 Å². The third-order valence-corrected chi connectivity index (χ3v) is 6.07. The molecule has 2 heterocycles. The van der Waals surface area contributed by atoms with E-state index in [2.05, 4.69) is 15.9 Å². The number of carbonyl (C=O) groups excluding carboxylic acids is 1. The number of rotatable bonds is 2. The maximum absolute atomic E-state index is 13.5. The number of nitrogens with zero attached hydrogens (tertiary/aromatic N) is 3. The highest BCUT2D eigenvalue weighted by atomic mass is 79.9. The van der Waals surface area contributed by atoms with Gasteiger partial charge in [-0.05, 0) is 55.0 Å². The number of hydrogen-bond donors (Lipinski definition) is 0. The molecule has 152 valence electrons. The van der Waals surface area contributed by atoms with Gasteiger partial charge in [-0.15, -0.1) is 0 Å². The number of likely N-dealkylation sites (N-methyl/N-ethyl adjacent to an activating group) is 1. The highest BCUT2D eigenvalue weighted by Gasteiger charge is 2.30. The minimum absolute atomic E-state index is 0.133. The van der Waals surface area contributed by atoms with Gasteiger partial charge in [0.1, 0.15) is 5.82 Å². The predicted octanol–water partition coefficient (Wildman–Crippen LogP) is 4.97. The van der Waals surface area contributed by atoms with Gasteiger partial charge in [0.25, 0.3) is 11.5 Å². The fraction of sp³-hybridized carbons (Fsp3) is 0.0800. The first-order valence-corrected chi connectivity index (χ1v) is 10.6. The van der Waals surface area contributed by atoms with E-state index < -0.39 is 0 Å². The number of fused-ring (bicyclic) bond motifs is 2. The molecule has 1 aliphatic heterocycles. The lowest BCUT2D eigenvalue weighted by atomic mass is 10.1. The van der Waals surface area contributed by atoms with Gasteiger partial charge in [0, 0.05) is 17.1 Å². The van der Waals surface area contributed by atoms with E-state index in [4.69, 9.17) is 4.98 Å². The van der Waals surface area contributed by atoms with Gasteiger partial charge in [-0.3, -0.25) is 14.2 Å². The molecule has 0 radical (unpaired) electrons. The summed E-state index contributed by atoms with van der Waals surface area (Å²) in [5.41, 5.74) is 4.25. The molecule has 0 bridgehead atoms. The van der Waals surface area contributed by atoms with Gasteiger partial charge in [0.15, 0.2) is 0 Å².